The summed E-state index contributed by atoms with van der Waals surface area (Å²) >= 11 is 2.72. The maximum absolute atomic E-state index is 13.8. The number of benzene rings is 4. The van der Waals surface area contributed by atoms with Gasteiger partial charge in [0.25, 0.3) is 17.5 Å². The van der Waals surface area contributed by atoms with Gasteiger partial charge in [-0.25, -0.2) is 4.79 Å². The molecule has 2 heterocycles. The fourth-order valence-electron chi connectivity index (χ4n) is 6.16. The molecule has 12 nitrogen and oxygen atoms in total. The van der Waals surface area contributed by atoms with Gasteiger partial charge in [-0.05, 0) is 78.1 Å². The van der Waals surface area contributed by atoms with Crippen LogP contribution in [0.5, 0.6) is 0 Å². The van der Waals surface area contributed by atoms with Crippen molar-refractivity contribution in [2.24, 2.45) is 0 Å². The fourth-order valence-corrected chi connectivity index (χ4v) is 8.46. The molecule has 1 aliphatic heterocycles. The minimum Gasteiger partial charge on any atom is -0.465 e. The summed E-state index contributed by atoms with van der Waals surface area (Å²) in [6.45, 7) is 4.10. The number of thioether (sulfide) groups is 1. The average molecular weight is 790 g/mol. The van der Waals surface area contributed by atoms with Crippen molar-refractivity contribution < 1.29 is 28.8 Å². The summed E-state index contributed by atoms with van der Waals surface area (Å²) in [6, 6.07) is 31.2. The summed E-state index contributed by atoms with van der Waals surface area (Å²) in [5.74, 6) is -1.89. The number of thiophene rings is 1. The van der Waals surface area contributed by atoms with Crippen LogP contribution in [0.3, 0.4) is 0 Å². The number of fused-ring (bicyclic) bond motifs is 1. The van der Waals surface area contributed by atoms with Crippen molar-refractivity contribution in [1.29, 1.82) is 0 Å². The third kappa shape index (κ3) is 9.96. The molecular formula is C42H39N5O7S2. The van der Waals surface area contributed by atoms with Crippen LogP contribution in [-0.2, 0) is 33.8 Å². The molecule has 1 atom stereocenters. The van der Waals surface area contributed by atoms with Gasteiger partial charge in [-0.2, -0.15) is 0 Å². The number of rotatable bonds is 14. The van der Waals surface area contributed by atoms with E-state index >= 15 is 0 Å². The topological polar surface area (TPSA) is 160 Å². The molecule has 14 heteroatoms. The lowest BCUT2D eigenvalue weighted by Gasteiger charge is -2.27. The lowest BCUT2D eigenvalue weighted by Crippen LogP contribution is -2.30. The van der Waals surface area contributed by atoms with Crippen LogP contribution in [0.4, 0.5) is 16.4 Å². The molecule has 6 rings (SSSR count). The quantitative estimate of drug-likeness (QED) is 0.0334. The van der Waals surface area contributed by atoms with E-state index < -0.39 is 28.0 Å². The zero-order chi connectivity index (χ0) is 39.6. The van der Waals surface area contributed by atoms with Gasteiger partial charge in [0.15, 0.2) is 0 Å². The van der Waals surface area contributed by atoms with Crippen molar-refractivity contribution in [3.05, 3.63) is 158 Å². The van der Waals surface area contributed by atoms with Gasteiger partial charge in [0, 0.05) is 52.8 Å². The number of non-ortho nitro benzene ring substituents is 1. The second kappa shape index (κ2) is 18.5. The molecule has 0 radical (unpaired) electrons. The van der Waals surface area contributed by atoms with Crippen LogP contribution in [0, 0.1) is 10.1 Å². The van der Waals surface area contributed by atoms with Crippen molar-refractivity contribution in [3.63, 3.8) is 0 Å². The lowest BCUT2D eigenvalue weighted by molar-refractivity contribution is -0.384. The van der Waals surface area contributed by atoms with E-state index in [9.17, 15) is 29.3 Å². The maximum Gasteiger partial charge on any atom is 0.341 e. The predicted molar refractivity (Wildman–Crippen MR) is 219 cm³/mol. The Labute approximate surface area is 332 Å². The first-order valence-electron chi connectivity index (χ1n) is 17.8. The summed E-state index contributed by atoms with van der Waals surface area (Å²) in [5.41, 5.74) is 3.53. The molecule has 1 aromatic heterocycles. The van der Waals surface area contributed by atoms with E-state index in [4.69, 9.17) is 4.74 Å². The van der Waals surface area contributed by atoms with Crippen LogP contribution in [0.2, 0.25) is 0 Å². The minimum absolute atomic E-state index is 0.0835. The van der Waals surface area contributed by atoms with Crippen LogP contribution in [0.1, 0.15) is 55.6 Å². The molecule has 4 aromatic carbocycles. The molecular weight excluding hydrogens is 751 g/mol. The second-order valence-electron chi connectivity index (χ2n) is 12.9. The second-order valence-corrected chi connectivity index (χ2v) is 15.2. The molecule has 5 aromatic rings. The molecule has 0 saturated heterocycles. The van der Waals surface area contributed by atoms with Crippen LogP contribution in [0.15, 0.2) is 120 Å². The Morgan fingerprint density at radius 3 is 2.34 bits per heavy atom. The largest absolute Gasteiger partial charge is 0.465 e. The highest BCUT2D eigenvalue weighted by atomic mass is 32.2. The Bertz CT molecular complexity index is 2260. The summed E-state index contributed by atoms with van der Waals surface area (Å²) in [5, 5.41) is 19.6. The Morgan fingerprint density at radius 1 is 0.946 bits per heavy atom. The van der Waals surface area contributed by atoms with Crippen LogP contribution in [0.25, 0.3) is 6.08 Å². The number of nitrogens with one attached hydrogen (secondary N) is 3. The maximum atomic E-state index is 13.8. The Balaban J connectivity index is 1.16. The molecule has 1 aliphatic rings. The third-order valence-corrected chi connectivity index (χ3v) is 11.5. The number of amides is 3. The highest BCUT2D eigenvalue weighted by Crippen LogP contribution is 2.39. The highest BCUT2D eigenvalue weighted by Gasteiger charge is 2.31. The Kier molecular flexibility index (Phi) is 13.1. The molecule has 0 spiro atoms. The summed E-state index contributed by atoms with van der Waals surface area (Å²) < 4.78 is 5.15. The van der Waals surface area contributed by atoms with Gasteiger partial charge in [0.05, 0.1) is 22.8 Å². The summed E-state index contributed by atoms with van der Waals surface area (Å²) in [7, 11) is 1.34. The van der Waals surface area contributed by atoms with Crippen molar-refractivity contribution >= 4 is 69.2 Å². The number of hydrogen-bond donors (Lipinski definition) is 3. The smallest absolute Gasteiger partial charge is 0.341 e. The SMILES string of the molecule is CCC(Sc1cccc(NC(=O)/C(=C\c2ccc([N+](=O)[O-])cc2)NC(=O)c2ccccc2)c1)C(=O)Nc1sc2c(c1C(=O)OC)CCN(Cc1ccccc1)C2. The number of carbonyl (C=O) groups is 4. The van der Waals surface area contributed by atoms with Crippen molar-refractivity contribution in [2.75, 3.05) is 24.3 Å². The van der Waals surface area contributed by atoms with E-state index in [0.29, 0.717) is 51.7 Å². The van der Waals surface area contributed by atoms with Gasteiger partial charge in [0.1, 0.15) is 10.7 Å². The number of hydrogen-bond acceptors (Lipinski definition) is 10. The van der Waals surface area contributed by atoms with Gasteiger partial charge >= 0.3 is 5.97 Å². The fraction of sp³-hybridized carbons (Fsp3) is 0.190. The standard InChI is InChI=1S/C42H39N5O7S2/c1-3-35(40(50)45-41-37(42(51)54-2)33-21-22-46(26-36(33)56-41)25-28-11-6-4-7-12-28)55-32-16-10-15-30(24-32)43-39(49)34(44-38(48)29-13-8-5-9-14-29)23-27-17-19-31(20-18-27)47(52)53/h4-20,23-24,35H,3,21-22,25-26H2,1-2H3,(H,43,49)(H,44,48)(H,45,50)/b34-23+. The number of methoxy groups -OCH3 is 1. The minimum atomic E-state index is -0.626. The van der Waals surface area contributed by atoms with E-state index in [2.05, 4.69) is 33.0 Å². The molecule has 0 fully saturated rings. The average Bonchev–Trinajstić information content (AvgIpc) is 3.57. The highest BCUT2D eigenvalue weighted by molar-refractivity contribution is 8.00. The first kappa shape index (κ1) is 39.6. The number of carbonyl (C=O) groups excluding carboxylic acids is 4. The van der Waals surface area contributed by atoms with Crippen LogP contribution < -0.4 is 16.0 Å². The Morgan fingerprint density at radius 2 is 1.66 bits per heavy atom. The molecule has 0 bridgehead atoms. The molecule has 0 saturated carbocycles. The molecule has 56 heavy (non-hydrogen) atoms. The van der Waals surface area contributed by atoms with E-state index in [1.165, 1.54) is 66.1 Å². The molecule has 3 N–H and O–H groups in total. The van der Waals surface area contributed by atoms with Gasteiger partial charge in [-0.1, -0.05) is 61.5 Å². The van der Waals surface area contributed by atoms with E-state index in [-0.39, 0.29) is 17.3 Å². The molecule has 3 amide bonds. The zero-order valence-corrected chi connectivity index (χ0v) is 32.3. The van der Waals surface area contributed by atoms with E-state index in [1.54, 1.807) is 48.5 Å². The predicted octanol–water partition coefficient (Wildman–Crippen LogP) is 7.92. The van der Waals surface area contributed by atoms with E-state index in [0.717, 1.165) is 23.5 Å². The number of ether oxygens (including phenoxy) is 1. The van der Waals surface area contributed by atoms with Crippen LogP contribution in [-0.4, -0.2) is 52.4 Å². The van der Waals surface area contributed by atoms with Crippen molar-refractivity contribution in [2.45, 2.75) is 43.0 Å². The van der Waals surface area contributed by atoms with Gasteiger partial charge in [-0.3, -0.25) is 29.4 Å². The number of nitrogens with zero attached hydrogens (tertiary/aromatic N) is 2. The van der Waals surface area contributed by atoms with E-state index in [1.807, 2.05) is 31.2 Å². The summed E-state index contributed by atoms with van der Waals surface area (Å²) in [6.07, 6.45) is 2.57. The normalized spacial score (nSPS) is 13.2. The number of nitro benzene ring substituents is 1. The number of nitro groups is 1. The third-order valence-electron chi connectivity index (χ3n) is 8.99. The Hall–Kier alpha value is -6.09. The van der Waals surface area contributed by atoms with Crippen molar-refractivity contribution in [1.82, 2.24) is 10.2 Å². The van der Waals surface area contributed by atoms with Crippen LogP contribution >= 0.6 is 23.1 Å². The lowest BCUT2D eigenvalue weighted by atomic mass is 10.0. The first-order chi connectivity index (χ1) is 27.1. The molecule has 1 unspecified atom stereocenters. The zero-order valence-electron chi connectivity index (χ0n) is 30.7. The number of anilines is 2. The summed E-state index contributed by atoms with van der Waals surface area (Å²) in [4.78, 5) is 68.2. The molecule has 0 aliphatic carbocycles. The van der Waals surface area contributed by atoms with Gasteiger partial charge in [0.2, 0.25) is 5.91 Å². The van der Waals surface area contributed by atoms with Gasteiger partial charge in [-0.15, -0.1) is 23.1 Å². The van der Waals surface area contributed by atoms with Crippen molar-refractivity contribution in [3.8, 4) is 0 Å². The number of esters is 1. The first-order valence-corrected chi connectivity index (χ1v) is 19.5. The van der Waals surface area contributed by atoms with Gasteiger partial charge < -0.3 is 20.7 Å². The molecule has 286 valence electrons. The monoisotopic (exact) mass is 789 g/mol.